The molecule has 2 aromatic carbocycles. The summed E-state index contributed by atoms with van der Waals surface area (Å²) >= 11 is 0. The fourth-order valence-electron chi connectivity index (χ4n) is 1.90. The average Bonchev–Trinajstić information content (AvgIpc) is 2.64. The fraction of sp³-hybridized carbons (Fsp3) is 0.167. The standard InChI is InChI=1S/C18H15FN2O4/c19-15-7-3-1-6-14(15)10-21-17(22)11-25-18(23)12-24-16-8-4-2-5-13(16)9-20/h1-8H,10-12H2,(H,21,22). The normalized spacial score (nSPS) is 9.76. The Kier molecular flexibility index (Phi) is 6.48. The van der Waals surface area contributed by atoms with E-state index in [0.29, 0.717) is 5.56 Å². The Bertz CT molecular complexity index is 802. The second-order valence-corrected chi connectivity index (χ2v) is 4.93. The van der Waals surface area contributed by atoms with Crippen molar-refractivity contribution in [2.24, 2.45) is 0 Å². The highest BCUT2D eigenvalue weighted by molar-refractivity contribution is 5.80. The zero-order valence-electron chi connectivity index (χ0n) is 13.2. The van der Waals surface area contributed by atoms with Gasteiger partial charge in [0.05, 0.1) is 5.56 Å². The third kappa shape index (κ3) is 5.62. The number of hydrogen-bond donors (Lipinski definition) is 1. The highest BCUT2D eigenvalue weighted by Crippen LogP contribution is 2.16. The summed E-state index contributed by atoms with van der Waals surface area (Å²) in [6.07, 6.45) is 0. The average molecular weight is 342 g/mol. The van der Waals surface area contributed by atoms with E-state index in [4.69, 9.17) is 14.7 Å². The Morgan fingerprint density at radius 1 is 1.08 bits per heavy atom. The Morgan fingerprint density at radius 2 is 1.80 bits per heavy atom. The molecule has 2 rings (SSSR count). The summed E-state index contributed by atoms with van der Waals surface area (Å²) in [6, 6.07) is 14.4. The lowest BCUT2D eigenvalue weighted by atomic mass is 10.2. The number of para-hydroxylation sites is 1. The molecule has 0 aromatic heterocycles. The van der Waals surface area contributed by atoms with Gasteiger partial charge in [-0.15, -0.1) is 0 Å². The fourth-order valence-corrected chi connectivity index (χ4v) is 1.90. The minimum absolute atomic E-state index is 0.00486. The molecule has 6 nitrogen and oxygen atoms in total. The minimum atomic E-state index is -0.756. The van der Waals surface area contributed by atoms with E-state index in [1.807, 2.05) is 6.07 Å². The van der Waals surface area contributed by atoms with Crippen molar-refractivity contribution >= 4 is 11.9 Å². The van der Waals surface area contributed by atoms with Gasteiger partial charge in [0.25, 0.3) is 5.91 Å². The molecule has 2 aromatic rings. The molecule has 0 saturated heterocycles. The second kappa shape index (κ2) is 9.03. The number of hydrogen-bond acceptors (Lipinski definition) is 5. The Morgan fingerprint density at radius 3 is 2.56 bits per heavy atom. The van der Waals surface area contributed by atoms with E-state index < -0.39 is 30.9 Å². The summed E-state index contributed by atoms with van der Waals surface area (Å²) in [6.45, 7) is -0.940. The van der Waals surface area contributed by atoms with Crippen molar-refractivity contribution in [3.8, 4) is 11.8 Å². The van der Waals surface area contributed by atoms with Crippen molar-refractivity contribution in [1.29, 1.82) is 5.26 Å². The first kappa shape index (κ1) is 17.9. The lowest BCUT2D eigenvalue weighted by Crippen LogP contribution is -2.29. The monoisotopic (exact) mass is 342 g/mol. The highest BCUT2D eigenvalue weighted by Gasteiger charge is 2.10. The van der Waals surface area contributed by atoms with Gasteiger partial charge in [0.15, 0.2) is 13.2 Å². The molecule has 128 valence electrons. The first-order valence-corrected chi connectivity index (χ1v) is 7.38. The molecular formula is C18H15FN2O4. The van der Waals surface area contributed by atoms with Crippen LogP contribution in [0.25, 0.3) is 0 Å². The number of amides is 1. The van der Waals surface area contributed by atoms with E-state index in [0.717, 1.165) is 0 Å². The molecule has 0 radical (unpaired) electrons. The third-order valence-electron chi connectivity index (χ3n) is 3.15. The minimum Gasteiger partial charge on any atom is -0.481 e. The van der Waals surface area contributed by atoms with E-state index in [9.17, 15) is 14.0 Å². The molecule has 0 aliphatic carbocycles. The summed E-state index contributed by atoms with van der Waals surface area (Å²) < 4.78 is 23.4. The summed E-state index contributed by atoms with van der Waals surface area (Å²) in [5, 5.41) is 11.4. The van der Waals surface area contributed by atoms with Crippen LogP contribution in [0.15, 0.2) is 48.5 Å². The quantitative estimate of drug-likeness (QED) is 0.777. The van der Waals surface area contributed by atoms with Gasteiger partial charge in [0.1, 0.15) is 17.6 Å². The number of halogens is 1. The van der Waals surface area contributed by atoms with Crippen molar-refractivity contribution in [3.05, 3.63) is 65.5 Å². The van der Waals surface area contributed by atoms with E-state index >= 15 is 0 Å². The Hall–Kier alpha value is -3.40. The first-order chi connectivity index (χ1) is 12.1. The Balaban J connectivity index is 1.72. The van der Waals surface area contributed by atoms with Crippen molar-refractivity contribution in [1.82, 2.24) is 5.32 Å². The third-order valence-corrected chi connectivity index (χ3v) is 3.15. The number of carbonyl (C=O) groups is 2. The summed E-state index contributed by atoms with van der Waals surface area (Å²) in [5.41, 5.74) is 0.622. The Labute approximate surface area is 143 Å². The summed E-state index contributed by atoms with van der Waals surface area (Å²) in [5.74, 6) is -1.49. The molecule has 7 heteroatoms. The molecule has 0 aliphatic rings. The lowest BCUT2D eigenvalue weighted by molar-refractivity contribution is -0.150. The van der Waals surface area contributed by atoms with Crippen LogP contribution in [0, 0.1) is 17.1 Å². The smallest absolute Gasteiger partial charge is 0.344 e. The van der Waals surface area contributed by atoms with Crippen molar-refractivity contribution < 1.29 is 23.5 Å². The van der Waals surface area contributed by atoms with Crippen LogP contribution in [0.5, 0.6) is 5.75 Å². The van der Waals surface area contributed by atoms with Crippen LogP contribution < -0.4 is 10.1 Å². The molecule has 0 heterocycles. The molecular weight excluding hydrogens is 327 g/mol. The number of benzene rings is 2. The van der Waals surface area contributed by atoms with Gasteiger partial charge < -0.3 is 14.8 Å². The van der Waals surface area contributed by atoms with Gasteiger partial charge in [0.2, 0.25) is 0 Å². The molecule has 25 heavy (non-hydrogen) atoms. The number of carbonyl (C=O) groups excluding carboxylic acids is 2. The van der Waals surface area contributed by atoms with Crippen LogP contribution in [-0.4, -0.2) is 25.1 Å². The van der Waals surface area contributed by atoms with Gasteiger partial charge in [-0.3, -0.25) is 4.79 Å². The predicted molar refractivity (Wildman–Crippen MR) is 85.9 cm³/mol. The van der Waals surface area contributed by atoms with Crippen LogP contribution in [0.3, 0.4) is 0 Å². The zero-order chi connectivity index (χ0) is 18.1. The van der Waals surface area contributed by atoms with Crippen LogP contribution in [0.1, 0.15) is 11.1 Å². The number of rotatable bonds is 7. The number of nitrogens with one attached hydrogen (secondary N) is 1. The predicted octanol–water partition coefficient (Wildman–Crippen LogP) is 1.94. The maximum absolute atomic E-state index is 13.4. The highest BCUT2D eigenvalue weighted by atomic mass is 19.1. The van der Waals surface area contributed by atoms with E-state index in [1.165, 1.54) is 6.07 Å². The number of esters is 1. The molecule has 0 fully saturated rings. The van der Waals surface area contributed by atoms with Crippen molar-refractivity contribution in [2.45, 2.75) is 6.54 Å². The van der Waals surface area contributed by atoms with Crippen LogP contribution in [0.2, 0.25) is 0 Å². The largest absolute Gasteiger partial charge is 0.481 e. The maximum atomic E-state index is 13.4. The number of nitrogens with zero attached hydrogens (tertiary/aromatic N) is 1. The van der Waals surface area contributed by atoms with Gasteiger partial charge in [-0.25, -0.2) is 9.18 Å². The van der Waals surface area contributed by atoms with Gasteiger partial charge >= 0.3 is 5.97 Å². The van der Waals surface area contributed by atoms with Gasteiger partial charge in [-0.1, -0.05) is 30.3 Å². The number of ether oxygens (including phenoxy) is 2. The molecule has 0 bridgehead atoms. The van der Waals surface area contributed by atoms with Crippen LogP contribution in [-0.2, 0) is 20.9 Å². The second-order valence-electron chi connectivity index (χ2n) is 4.93. The van der Waals surface area contributed by atoms with Crippen molar-refractivity contribution in [2.75, 3.05) is 13.2 Å². The van der Waals surface area contributed by atoms with Gasteiger partial charge in [0, 0.05) is 12.1 Å². The van der Waals surface area contributed by atoms with Gasteiger partial charge in [-0.05, 0) is 18.2 Å². The lowest BCUT2D eigenvalue weighted by Gasteiger charge is -2.09. The maximum Gasteiger partial charge on any atom is 0.344 e. The summed E-state index contributed by atoms with van der Waals surface area (Å²) in [7, 11) is 0. The number of nitriles is 1. The molecule has 0 unspecified atom stereocenters. The molecule has 0 spiro atoms. The molecule has 1 amide bonds. The molecule has 0 aliphatic heterocycles. The van der Waals surface area contributed by atoms with Crippen LogP contribution >= 0.6 is 0 Å². The molecule has 0 atom stereocenters. The van der Waals surface area contributed by atoms with E-state index in [1.54, 1.807) is 42.5 Å². The van der Waals surface area contributed by atoms with E-state index in [2.05, 4.69) is 5.32 Å². The topological polar surface area (TPSA) is 88.4 Å². The van der Waals surface area contributed by atoms with Crippen LogP contribution in [0.4, 0.5) is 4.39 Å². The first-order valence-electron chi connectivity index (χ1n) is 7.38. The summed E-state index contributed by atoms with van der Waals surface area (Å²) in [4.78, 5) is 23.2. The van der Waals surface area contributed by atoms with Gasteiger partial charge in [-0.2, -0.15) is 5.26 Å². The molecule has 1 N–H and O–H groups in total. The zero-order valence-corrected chi connectivity index (χ0v) is 13.2. The van der Waals surface area contributed by atoms with E-state index in [-0.39, 0.29) is 17.9 Å². The molecule has 0 saturated carbocycles. The van der Waals surface area contributed by atoms with Crippen molar-refractivity contribution in [3.63, 3.8) is 0 Å². The SMILES string of the molecule is N#Cc1ccccc1OCC(=O)OCC(=O)NCc1ccccc1F.